The number of nitrogen functional groups attached to an aromatic ring is 1. The van der Waals surface area contributed by atoms with Crippen molar-refractivity contribution >= 4 is 40.6 Å². The van der Waals surface area contributed by atoms with Gasteiger partial charge in [-0.05, 0) is 61.4 Å². The molecule has 0 atom stereocenters. The molecule has 2 saturated heterocycles. The SMILES string of the molecule is Nc1ccc(Cl)cc1.O=C(Nc1ccc(N2CCOCC2=O)cc1)N1CCCC1. The normalized spacial score (nSPS) is 16.2. The van der Waals surface area contributed by atoms with Gasteiger partial charge in [0.15, 0.2) is 0 Å². The number of morpholine rings is 1. The highest BCUT2D eigenvalue weighted by Gasteiger charge is 2.20. The number of benzene rings is 2. The van der Waals surface area contributed by atoms with Gasteiger partial charge in [0.05, 0.1) is 6.61 Å². The van der Waals surface area contributed by atoms with Gasteiger partial charge in [-0.3, -0.25) is 4.79 Å². The van der Waals surface area contributed by atoms with E-state index in [4.69, 9.17) is 22.1 Å². The second-order valence-corrected chi connectivity index (χ2v) is 7.26. The Labute approximate surface area is 175 Å². The number of hydrogen-bond donors (Lipinski definition) is 2. The van der Waals surface area contributed by atoms with E-state index in [9.17, 15) is 9.59 Å². The van der Waals surface area contributed by atoms with Crippen molar-refractivity contribution in [2.75, 3.05) is 48.8 Å². The Hall–Kier alpha value is -2.77. The van der Waals surface area contributed by atoms with Crippen LogP contribution in [-0.2, 0) is 9.53 Å². The zero-order chi connectivity index (χ0) is 20.6. The van der Waals surface area contributed by atoms with Crippen molar-refractivity contribution in [3.63, 3.8) is 0 Å². The second kappa shape index (κ2) is 10.1. The van der Waals surface area contributed by atoms with E-state index in [2.05, 4.69) is 5.32 Å². The van der Waals surface area contributed by atoms with Crippen molar-refractivity contribution in [1.82, 2.24) is 4.90 Å². The number of carbonyl (C=O) groups excluding carboxylic acids is 2. The lowest BCUT2D eigenvalue weighted by atomic mass is 10.2. The fourth-order valence-corrected chi connectivity index (χ4v) is 3.23. The minimum absolute atomic E-state index is 0.0323. The first kappa shape index (κ1) is 21.0. The Balaban J connectivity index is 0.000000252. The summed E-state index contributed by atoms with van der Waals surface area (Å²) >= 11 is 5.56. The molecule has 29 heavy (non-hydrogen) atoms. The van der Waals surface area contributed by atoms with Crippen LogP contribution in [0, 0.1) is 0 Å². The van der Waals surface area contributed by atoms with Gasteiger partial charge in [-0.1, -0.05) is 11.6 Å². The first-order chi connectivity index (χ1) is 14.0. The van der Waals surface area contributed by atoms with E-state index in [1.807, 2.05) is 29.2 Å². The van der Waals surface area contributed by atoms with Gasteiger partial charge in [0, 0.05) is 41.7 Å². The number of rotatable bonds is 2. The molecule has 0 unspecified atom stereocenters. The molecule has 0 aromatic heterocycles. The molecule has 154 valence electrons. The van der Waals surface area contributed by atoms with Crippen LogP contribution >= 0.6 is 11.6 Å². The Bertz CT molecular complexity index is 800. The lowest BCUT2D eigenvalue weighted by Crippen LogP contribution is -2.41. The fraction of sp³-hybridized carbons (Fsp3) is 0.333. The molecule has 2 heterocycles. The molecule has 2 aliphatic heterocycles. The molecule has 0 bridgehead atoms. The van der Waals surface area contributed by atoms with Crippen molar-refractivity contribution in [2.24, 2.45) is 0 Å². The topological polar surface area (TPSA) is 87.9 Å². The molecule has 4 rings (SSSR count). The van der Waals surface area contributed by atoms with E-state index in [0.29, 0.717) is 13.2 Å². The second-order valence-electron chi connectivity index (χ2n) is 6.82. The Morgan fingerprint density at radius 3 is 2.24 bits per heavy atom. The van der Waals surface area contributed by atoms with Gasteiger partial charge < -0.3 is 25.6 Å². The average molecular weight is 417 g/mol. The van der Waals surface area contributed by atoms with Crippen LogP contribution in [0.1, 0.15) is 12.8 Å². The molecule has 7 nitrogen and oxygen atoms in total. The summed E-state index contributed by atoms with van der Waals surface area (Å²) in [7, 11) is 0. The number of hydrogen-bond acceptors (Lipinski definition) is 4. The first-order valence-corrected chi connectivity index (χ1v) is 9.96. The third kappa shape index (κ3) is 6.10. The predicted octanol–water partition coefficient (Wildman–Crippen LogP) is 3.60. The number of nitrogens with zero attached hydrogens (tertiary/aromatic N) is 2. The lowest BCUT2D eigenvalue weighted by molar-refractivity contribution is -0.125. The van der Waals surface area contributed by atoms with Crippen LogP contribution in [0.5, 0.6) is 0 Å². The summed E-state index contributed by atoms with van der Waals surface area (Å²) in [5.74, 6) is -0.0323. The maximum Gasteiger partial charge on any atom is 0.321 e. The molecule has 8 heteroatoms. The van der Waals surface area contributed by atoms with Crippen LogP contribution in [0.4, 0.5) is 21.9 Å². The number of halogens is 1. The van der Waals surface area contributed by atoms with E-state index in [0.717, 1.165) is 48.0 Å². The van der Waals surface area contributed by atoms with Gasteiger partial charge in [-0.25, -0.2) is 4.79 Å². The van der Waals surface area contributed by atoms with E-state index in [1.165, 1.54) is 0 Å². The molecule has 2 aromatic carbocycles. The van der Waals surface area contributed by atoms with Crippen LogP contribution in [0.2, 0.25) is 5.02 Å². The summed E-state index contributed by atoms with van der Waals surface area (Å²) in [6.45, 7) is 2.91. The molecule has 3 amide bonds. The van der Waals surface area contributed by atoms with Crippen LogP contribution in [-0.4, -0.2) is 49.7 Å². The molecule has 2 aromatic rings. The van der Waals surface area contributed by atoms with Crippen LogP contribution in [0.15, 0.2) is 48.5 Å². The Morgan fingerprint density at radius 1 is 1.00 bits per heavy atom. The van der Waals surface area contributed by atoms with Crippen molar-refractivity contribution in [3.8, 4) is 0 Å². The molecule has 2 fully saturated rings. The molecule has 0 aliphatic carbocycles. The third-order valence-electron chi connectivity index (χ3n) is 4.68. The highest BCUT2D eigenvalue weighted by Crippen LogP contribution is 2.20. The van der Waals surface area contributed by atoms with E-state index in [-0.39, 0.29) is 18.5 Å². The van der Waals surface area contributed by atoms with Crippen molar-refractivity contribution in [1.29, 1.82) is 0 Å². The molecule has 0 spiro atoms. The van der Waals surface area contributed by atoms with Crippen molar-refractivity contribution in [2.45, 2.75) is 12.8 Å². The number of nitrogens with one attached hydrogen (secondary N) is 1. The average Bonchev–Trinajstić information content (AvgIpc) is 3.27. The van der Waals surface area contributed by atoms with Crippen molar-refractivity contribution in [3.05, 3.63) is 53.6 Å². The molecule has 3 N–H and O–H groups in total. The molecule has 0 radical (unpaired) electrons. The number of nitrogens with two attached hydrogens (primary N) is 1. The zero-order valence-corrected chi connectivity index (χ0v) is 16.9. The Morgan fingerprint density at radius 2 is 1.66 bits per heavy atom. The van der Waals surface area contributed by atoms with Gasteiger partial charge in [0.25, 0.3) is 5.91 Å². The zero-order valence-electron chi connectivity index (χ0n) is 16.1. The van der Waals surface area contributed by atoms with E-state index >= 15 is 0 Å². The number of urea groups is 1. The number of ether oxygens (including phenoxy) is 1. The number of carbonyl (C=O) groups is 2. The largest absolute Gasteiger partial charge is 0.399 e. The van der Waals surface area contributed by atoms with E-state index in [1.54, 1.807) is 29.2 Å². The fourth-order valence-electron chi connectivity index (χ4n) is 3.10. The number of anilines is 3. The van der Waals surface area contributed by atoms with Gasteiger partial charge in [0.2, 0.25) is 0 Å². The van der Waals surface area contributed by atoms with Crippen LogP contribution in [0.3, 0.4) is 0 Å². The molecule has 0 saturated carbocycles. The summed E-state index contributed by atoms with van der Waals surface area (Å²) in [5, 5.41) is 3.61. The number of amides is 3. The smallest absolute Gasteiger partial charge is 0.321 e. The minimum atomic E-state index is -0.0531. The van der Waals surface area contributed by atoms with Gasteiger partial charge in [-0.2, -0.15) is 0 Å². The van der Waals surface area contributed by atoms with E-state index < -0.39 is 0 Å². The summed E-state index contributed by atoms with van der Waals surface area (Å²) in [4.78, 5) is 27.3. The number of likely N-dealkylation sites (tertiary alicyclic amines) is 1. The van der Waals surface area contributed by atoms with Crippen molar-refractivity contribution < 1.29 is 14.3 Å². The Kier molecular flexibility index (Phi) is 7.32. The standard InChI is InChI=1S/C15H19N3O3.C6H6ClN/c19-14-11-21-10-9-18(14)13-5-3-12(4-6-13)16-15(20)17-7-1-2-8-17;7-5-1-3-6(8)4-2-5/h3-6H,1-2,7-11H2,(H,16,20);1-4H,8H2. The highest BCUT2D eigenvalue weighted by molar-refractivity contribution is 6.30. The maximum atomic E-state index is 12.0. The van der Waals surface area contributed by atoms with Gasteiger partial charge >= 0.3 is 6.03 Å². The summed E-state index contributed by atoms with van der Waals surface area (Å²) in [6.07, 6.45) is 2.15. The quantitative estimate of drug-likeness (QED) is 0.732. The lowest BCUT2D eigenvalue weighted by Gasteiger charge is -2.27. The maximum absolute atomic E-state index is 12.0. The molecular weight excluding hydrogens is 392 g/mol. The summed E-state index contributed by atoms with van der Waals surface area (Å²) < 4.78 is 5.11. The van der Waals surface area contributed by atoms with Gasteiger partial charge in [-0.15, -0.1) is 0 Å². The summed E-state index contributed by atoms with van der Waals surface area (Å²) in [6, 6.07) is 14.4. The minimum Gasteiger partial charge on any atom is -0.399 e. The monoisotopic (exact) mass is 416 g/mol. The summed E-state index contributed by atoms with van der Waals surface area (Å²) in [5.41, 5.74) is 7.70. The van der Waals surface area contributed by atoms with Crippen LogP contribution < -0.4 is 16.0 Å². The molecule has 2 aliphatic rings. The third-order valence-corrected chi connectivity index (χ3v) is 4.93. The van der Waals surface area contributed by atoms with Gasteiger partial charge in [0.1, 0.15) is 6.61 Å². The predicted molar refractivity (Wildman–Crippen MR) is 115 cm³/mol. The highest BCUT2D eigenvalue weighted by atomic mass is 35.5. The first-order valence-electron chi connectivity index (χ1n) is 9.58. The van der Waals surface area contributed by atoms with Crippen LogP contribution in [0.25, 0.3) is 0 Å². The molecular formula is C21H25ClN4O3.